The van der Waals surface area contributed by atoms with E-state index < -0.39 is 0 Å². The normalized spacial score (nSPS) is 11.2. The van der Waals surface area contributed by atoms with Crippen LogP contribution in [0.3, 0.4) is 0 Å². The molecule has 0 bridgehead atoms. The summed E-state index contributed by atoms with van der Waals surface area (Å²) in [5, 5.41) is 2.39. The number of fused-ring (bicyclic) bond motifs is 3. The lowest BCUT2D eigenvalue weighted by Crippen LogP contribution is -1.86. The molecule has 1 N–H and O–H groups in total. The van der Waals surface area contributed by atoms with Crippen LogP contribution in [0.5, 0.6) is 5.75 Å². The molecule has 0 amide bonds. The molecular weight excluding hydrogens is 274 g/mol. The van der Waals surface area contributed by atoms with E-state index in [1.165, 1.54) is 10.8 Å². The molecule has 108 valence electrons. The first-order chi connectivity index (χ1) is 10.8. The standard InChI is InChI=1S/C18H15N3O/c1-11-18-15(5-6-20-11)16-8-12(3-4-17(16)21-18)13-7-14(22-2)10-19-9-13/h3-10,21H,1-2H3. The van der Waals surface area contributed by atoms with Gasteiger partial charge in [-0.1, -0.05) is 6.07 Å². The van der Waals surface area contributed by atoms with E-state index >= 15 is 0 Å². The minimum atomic E-state index is 0.761. The summed E-state index contributed by atoms with van der Waals surface area (Å²) in [7, 11) is 1.65. The number of H-pyrrole nitrogens is 1. The van der Waals surface area contributed by atoms with Crippen molar-refractivity contribution in [3.8, 4) is 16.9 Å². The van der Waals surface area contributed by atoms with E-state index in [9.17, 15) is 0 Å². The van der Waals surface area contributed by atoms with Crippen LogP contribution in [0.25, 0.3) is 32.9 Å². The van der Waals surface area contributed by atoms with Crippen LogP contribution >= 0.6 is 0 Å². The predicted molar refractivity (Wildman–Crippen MR) is 88.1 cm³/mol. The second-order valence-electron chi connectivity index (χ2n) is 5.32. The highest BCUT2D eigenvalue weighted by Gasteiger charge is 2.08. The zero-order valence-electron chi connectivity index (χ0n) is 12.4. The number of ether oxygens (including phenoxy) is 1. The molecule has 0 unspecified atom stereocenters. The van der Waals surface area contributed by atoms with Gasteiger partial charge < -0.3 is 9.72 Å². The van der Waals surface area contributed by atoms with Crippen molar-refractivity contribution in [2.45, 2.75) is 6.92 Å². The molecular formula is C18H15N3O. The largest absolute Gasteiger partial charge is 0.495 e. The van der Waals surface area contributed by atoms with Crippen molar-refractivity contribution in [1.29, 1.82) is 0 Å². The number of pyridine rings is 2. The Balaban J connectivity index is 1.96. The van der Waals surface area contributed by atoms with Crippen molar-refractivity contribution in [2.24, 2.45) is 0 Å². The molecule has 0 atom stereocenters. The molecule has 4 nitrogen and oxygen atoms in total. The van der Waals surface area contributed by atoms with Gasteiger partial charge in [-0.25, -0.2) is 0 Å². The van der Waals surface area contributed by atoms with Crippen LogP contribution in [-0.2, 0) is 0 Å². The Morgan fingerprint density at radius 1 is 1.00 bits per heavy atom. The molecule has 0 aliphatic heterocycles. The number of nitrogens with zero attached hydrogens (tertiary/aromatic N) is 2. The summed E-state index contributed by atoms with van der Waals surface area (Å²) < 4.78 is 5.26. The third-order valence-corrected chi connectivity index (χ3v) is 3.99. The fourth-order valence-corrected chi connectivity index (χ4v) is 2.83. The van der Waals surface area contributed by atoms with E-state index in [0.29, 0.717) is 0 Å². The highest BCUT2D eigenvalue weighted by molar-refractivity contribution is 6.09. The molecule has 1 aromatic carbocycles. The van der Waals surface area contributed by atoms with Crippen LogP contribution in [0.2, 0.25) is 0 Å². The van der Waals surface area contributed by atoms with Gasteiger partial charge in [-0.15, -0.1) is 0 Å². The average Bonchev–Trinajstić information content (AvgIpc) is 2.94. The molecule has 0 radical (unpaired) electrons. The molecule has 3 heterocycles. The molecule has 3 aromatic heterocycles. The molecule has 0 saturated heterocycles. The molecule has 0 aliphatic rings. The second kappa shape index (κ2) is 4.84. The zero-order valence-corrected chi connectivity index (χ0v) is 12.4. The summed E-state index contributed by atoms with van der Waals surface area (Å²) >= 11 is 0. The van der Waals surface area contributed by atoms with Gasteiger partial charge in [0.05, 0.1) is 24.5 Å². The van der Waals surface area contributed by atoms with Crippen molar-refractivity contribution in [2.75, 3.05) is 7.11 Å². The van der Waals surface area contributed by atoms with Crippen molar-refractivity contribution < 1.29 is 4.74 Å². The lowest BCUT2D eigenvalue weighted by Gasteiger charge is -2.04. The molecule has 4 heteroatoms. The first-order valence-electron chi connectivity index (χ1n) is 7.13. The van der Waals surface area contributed by atoms with Gasteiger partial charge in [0.25, 0.3) is 0 Å². The van der Waals surface area contributed by atoms with Gasteiger partial charge in [-0.3, -0.25) is 9.97 Å². The van der Waals surface area contributed by atoms with Crippen LogP contribution in [0.1, 0.15) is 5.69 Å². The Hall–Kier alpha value is -2.88. The summed E-state index contributed by atoms with van der Waals surface area (Å²) in [5.41, 5.74) is 5.39. The molecule has 4 aromatic rings. The number of rotatable bonds is 2. The number of hydrogen-bond acceptors (Lipinski definition) is 3. The number of aryl methyl sites for hydroxylation is 1. The monoisotopic (exact) mass is 289 g/mol. The van der Waals surface area contributed by atoms with Gasteiger partial charge in [0.1, 0.15) is 5.75 Å². The summed E-state index contributed by atoms with van der Waals surface area (Å²) in [4.78, 5) is 12.0. The first kappa shape index (κ1) is 12.8. The SMILES string of the molecule is COc1cncc(-c2ccc3[nH]c4c(C)nccc4c3c2)c1. The number of hydrogen-bond donors (Lipinski definition) is 1. The van der Waals surface area contributed by atoms with Gasteiger partial charge in [0, 0.05) is 34.2 Å². The van der Waals surface area contributed by atoms with Crippen molar-refractivity contribution in [1.82, 2.24) is 15.0 Å². The predicted octanol–water partition coefficient (Wildman–Crippen LogP) is 4.10. The van der Waals surface area contributed by atoms with Crippen molar-refractivity contribution in [3.05, 3.63) is 54.6 Å². The van der Waals surface area contributed by atoms with Gasteiger partial charge in [-0.2, -0.15) is 0 Å². The Morgan fingerprint density at radius 2 is 1.91 bits per heavy atom. The maximum atomic E-state index is 5.26. The Bertz CT molecular complexity index is 988. The van der Waals surface area contributed by atoms with E-state index in [0.717, 1.165) is 33.6 Å². The topological polar surface area (TPSA) is 50.8 Å². The van der Waals surface area contributed by atoms with Crippen LogP contribution in [0.15, 0.2) is 48.9 Å². The van der Waals surface area contributed by atoms with Crippen LogP contribution < -0.4 is 4.74 Å². The van der Waals surface area contributed by atoms with Crippen LogP contribution in [0, 0.1) is 6.92 Å². The van der Waals surface area contributed by atoms with Crippen molar-refractivity contribution in [3.63, 3.8) is 0 Å². The summed E-state index contributed by atoms with van der Waals surface area (Å²) in [6, 6.07) is 10.4. The van der Waals surface area contributed by atoms with Crippen LogP contribution in [-0.4, -0.2) is 22.1 Å². The van der Waals surface area contributed by atoms with Gasteiger partial charge in [-0.05, 0) is 36.8 Å². The molecule has 0 spiro atoms. The highest BCUT2D eigenvalue weighted by Crippen LogP contribution is 2.31. The second-order valence-corrected chi connectivity index (χ2v) is 5.32. The molecule has 0 aliphatic carbocycles. The molecule has 0 fully saturated rings. The fraction of sp³-hybridized carbons (Fsp3) is 0.111. The minimum absolute atomic E-state index is 0.761. The molecule has 22 heavy (non-hydrogen) atoms. The lowest BCUT2D eigenvalue weighted by molar-refractivity contribution is 0.413. The highest BCUT2D eigenvalue weighted by atomic mass is 16.5. The number of nitrogens with one attached hydrogen (secondary N) is 1. The summed E-state index contributed by atoms with van der Waals surface area (Å²) in [6.45, 7) is 2.02. The molecule has 0 saturated carbocycles. The number of benzene rings is 1. The number of methoxy groups -OCH3 is 1. The lowest BCUT2D eigenvalue weighted by atomic mass is 10.0. The third-order valence-electron chi connectivity index (χ3n) is 3.99. The smallest absolute Gasteiger partial charge is 0.137 e. The van der Waals surface area contributed by atoms with Gasteiger partial charge in [0.15, 0.2) is 0 Å². The third kappa shape index (κ3) is 1.92. The zero-order chi connectivity index (χ0) is 15.1. The quantitative estimate of drug-likeness (QED) is 0.604. The summed E-state index contributed by atoms with van der Waals surface area (Å²) in [6.07, 6.45) is 5.42. The van der Waals surface area contributed by atoms with Gasteiger partial charge >= 0.3 is 0 Å². The van der Waals surface area contributed by atoms with Crippen molar-refractivity contribution >= 4 is 21.8 Å². The van der Waals surface area contributed by atoms with Gasteiger partial charge in [0.2, 0.25) is 0 Å². The minimum Gasteiger partial charge on any atom is -0.495 e. The first-order valence-corrected chi connectivity index (χ1v) is 7.13. The Kier molecular flexibility index (Phi) is 2.82. The maximum absolute atomic E-state index is 5.26. The Morgan fingerprint density at radius 3 is 2.77 bits per heavy atom. The Labute approximate surface area is 127 Å². The van der Waals surface area contributed by atoms with E-state index in [2.05, 4.69) is 39.2 Å². The van der Waals surface area contributed by atoms with E-state index in [1.54, 1.807) is 13.3 Å². The maximum Gasteiger partial charge on any atom is 0.137 e. The average molecular weight is 289 g/mol. The fourth-order valence-electron chi connectivity index (χ4n) is 2.83. The number of aromatic amines is 1. The molecule has 4 rings (SSSR count). The van der Waals surface area contributed by atoms with E-state index in [4.69, 9.17) is 4.74 Å². The van der Waals surface area contributed by atoms with Crippen LogP contribution in [0.4, 0.5) is 0 Å². The summed E-state index contributed by atoms with van der Waals surface area (Å²) in [5.74, 6) is 0.761. The van der Waals surface area contributed by atoms with E-state index in [1.807, 2.05) is 25.4 Å². The van der Waals surface area contributed by atoms with E-state index in [-0.39, 0.29) is 0 Å². The number of aromatic nitrogens is 3.